The van der Waals surface area contributed by atoms with E-state index >= 15 is 0 Å². The van der Waals surface area contributed by atoms with Gasteiger partial charge in [0.2, 0.25) is 5.16 Å². The van der Waals surface area contributed by atoms with Gasteiger partial charge in [-0.05, 0) is 29.8 Å². The van der Waals surface area contributed by atoms with Gasteiger partial charge in [-0.25, -0.2) is 4.98 Å². The predicted molar refractivity (Wildman–Crippen MR) is 89.5 cm³/mol. The summed E-state index contributed by atoms with van der Waals surface area (Å²) in [4.78, 5) is 14.6. The van der Waals surface area contributed by atoms with Gasteiger partial charge in [0.1, 0.15) is 0 Å². The molecule has 0 aliphatic rings. The molecule has 3 aromatic rings. The zero-order valence-electron chi connectivity index (χ0n) is 11.8. The fourth-order valence-electron chi connectivity index (χ4n) is 1.91. The minimum atomic E-state index is -0.412. The van der Waals surface area contributed by atoms with Gasteiger partial charge in [-0.2, -0.15) is 0 Å². The van der Waals surface area contributed by atoms with Crippen molar-refractivity contribution in [2.45, 2.75) is 10.9 Å². The highest BCUT2D eigenvalue weighted by Crippen LogP contribution is 2.24. The van der Waals surface area contributed by atoms with Crippen LogP contribution in [0.25, 0.3) is 11.4 Å². The standard InChI is InChI=1S/C15H11ClN4O2S/c16-12-5-3-11(4-6-12)14-17-15(19-18-14)23-9-10-1-7-13(8-2-10)20(21)22/h1-8H,9H2,(H,17,18,19). The van der Waals surface area contributed by atoms with Crippen molar-refractivity contribution in [2.24, 2.45) is 0 Å². The van der Waals surface area contributed by atoms with E-state index < -0.39 is 4.92 Å². The minimum absolute atomic E-state index is 0.0849. The molecule has 1 heterocycles. The maximum Gasteiger partial charge on any atom is 0.269 e. The SMILES string of the molecule is O=[N+]([O-])c1ccc(CSc2n[nH]c(-c3ccc(Cl)cc3)n2)cc1. The molecule has 0 aliphatic heterocycles. The Balaban J connectivity index is 1.65. The summed E-state index contributed by atoms with van der Waals surface area (Å²) in [6, 6.07) is 13.8. The Labute approximate surface area is 141 Å². The van der Waals surface area contributed by atoms with Gasteiger partial charge >= 0.3 is 0 Å². The van der Waals surface area contributed by atoms with Gasteiger partial charge in [0.15, 0.2) is 5.82 Å². The quantitative estimate of drug-likeness (QED) is 0.422. The molecule has 116 valence electrons. The monoisotopic (exact) mass is 346 g/mol. The number of benzene rings is 2. The zero-order chi connectivity index (χ0) is 16.2. The molecule has 0 spiro atoms. The number of halogens is 1. The van der Waals surface area contributed by atoms with E-state index in [1.54, 1.807) is 24.3 Å². The number of aromatic nitrogens is 3. The van der Waals surface area contributed by atoms with Crippen LogP contribution in [0.15, 0.2) is 53.7 Å². The molecule has 0 radical (unpaired) electrons. The second-order valence-corrected chi connectivity index (χ2v) is 6.06. The minimum Gasteiger partial charge on any atom is -0.258 e. The number of non-ortho nitro benzene ring substituents is 1. The van der Waals surface area contributed by atoms with E-state index in [0.717, 1.165) is 11.1 Å². The van der Waals surface area contributed by atoms with E-state index in [9.17, 15) is 10.1 Å². The van der Waals surface area contributed by atoms with Crippen molar-refractivity contribution in [1.29, 1.82) is 0 Å². The van der Waals surface area contributed by atoms with Gasteiger partial charge in [-0.3, -0.25) is 15.2 Å². The molecule has 8 heteroatoms. The highest BCUT2D eigenvalue weighted by molar-refractivity contribution is 7.98. The van der Waals surface area contributed by atoms with E-state index in [1.807, 2.05) is 12.1 Å². The Hall–Kier alpha value is -2.38. The lowest BCUT2D eigenvalue weighted by molar-refractivity contribution is -0.384. The highest BCUT2D eigenvalue weighted by atomic mass is 35.5. The largest absolute Gasteiger partial charge is 0.269 e. The Bertz CT molecular complexity index is 818. The molecule has 0 amide bonds. The summed E-state index contributed by atoms with van der Waals surface area (Å²) in [5.74, 6) is 1.31. The zero-order valence-corrected chi connectivity index (χ0v) is 13.3. The Morgan fingerprint density at radius 2 is 1.83 bits per heavy atom. The average molecular weight is 347 g/mol. The van der Waals surface area contributed by atoms with Crippen molar-refractivity contribution in [3.63, 3.8) is 0 Å². The van der Waals surface area contributed by atoms with Crippen LogP contribution in [0.3, 0.4) is 0 Å². The van der Waals surface area contributed by atoms with Crippen molar-refractivity contribution in [1.82, 2.24) is 15.2 Å². The molecule has 0 saturated heterocycles. The van der Waals surface area contributed by atoms with Gasteiger partial charge in [-0.1, -0.05) is 35.5 Å². The first-order valence-electron chi connectivity index (χ1n) is 6.66. The van der Waals surface area contributed by atoms with Crippen molar-refractivity contribution < 1.29 is 4.92 Å². The molecule has 0 atom stereocenters. The first-order chi connectivity index (χ1) is 11.1. The molecule has 1 N–H and O–H groups in total. The first kappa shape index (κ1) is 15.5. The van der Waals surface area contributed by atoms with E-state index in [-0.39, 0.29) is 5.69 Å². The molecule has 0 saturated carbocycles. The van der Waals surface area contributed by atoms with Crippen LogP contribution in [0.4, 0.5) is 5.69 Å². The number of aromatic amines is 1. The number of nitrogens with one attached hydrogen (secondary N) is 1. The molecule has 23 heavy (non-hydrogen) atoms. The maximum absolute atomic E-state index is 10.6. The van der Waals surface area contributed by atoms with E-state index in [0.29, 0.717) is 21.8 Å². The van der Waals surface area contributed by atoms with Gasteiger partial charge in [0.25, 0.3) is 5.69 Å². The second kappa shape index (κ2) is 6.80. The summed E-state index contributed by atoms with van der Waals surface area (Å²) < 4.78 is 0. The van der Waals surface area contributed by atoms with Gasteiger partial charge < -0.3 is 0 Å². The summed E-state index contributed by atoms with van der Waals surface area (Å²) in [7, 11) is 0. The van der Waals surface area contributed by atoms with Crippen molar-refractivity contribution in [2.75, 3.05) is 0 Å². The molecule has 3 rings (SSSR count). The van der Waals surface area contributed by atoms with Crippen molar-refractivity contribution in [3.05, 3.63) is 69.2 Å². The second-order valence-electron chi connectivity index (χ2n) is 4.69. The number of rotatable bonds is 5. The maximum atomic E-state index is 10.6. The topological polar surface area (TPSA) is 84.7 Å². The summed E-state index contributed by atoms with van der Waals surface area (Å²) >= 11 is 7.32. The van der Waals surface area contributed by atoms with Crippen LogP contribution in [0.5, 0.6) is 0 Å². The van der Waals surface area contributed by atoms with Crippen LogP contribution in [0.1, 0.15) is 5.56 Å². The summed E-state index contributed by atoms with van der Waals surface area (Å²) in [5.41, 5.74) is 1.96. The van der Waals surface area contributed by atoms with Crippen molar-refractivity contribution in [3.8, 4) is 11.4 Å². The fourth-order valence-corrected chi connectivity index (χ4v) is 2.79. The molecule has 0 unspecified atom stereocenters. The van der Waals surface area contributed by atoms with Gasteiger partial charge in [-0.15, -0.1) is 5.10 Å². The molecule has 0 fully saturated rings. The molecule has 6 nitrogen and oxygen atoms in total. The van der Waals surface area contributed by atoms with Crippen LogP contribution < -0.4 is 0 Å². The van der Waals surface area contributed by atoms with E-state index in [1.165, 1.54) is 23.9 Å². The highest BCUT2D eigenvalue weighted by Gasteiger charge is 2.08. The van der Waals surface area contributed by atoms with Crippen LogP contribution >= 0.6 is 23.4 Å². The summed E-state index contributed by atoms with van der Waals surface area (Å²) in [5, 5.41) is 19.0. The smallest absolute Gasteiger partial charge is 0.258 e. The number of nitro groups is 1. The van der Waals surface area contributed by atoms with Crippen LogP contribution in [0, 0.1) is 10.1 Å². The number of nitro benzene ring substituents is 1. The number of thioether (sulfide) groups is 1. The Kier molecular flexibility index (Phi) is 4.59. The van der Waals surface area contributed by atoms with Crippen LogP contribution in [-0.4, -0.2) is 20.1 Å². The third kappa shape index (κ3) is 3.88. The lowest BCUT2D eigenvalue weighted by Gasteiger charge is -1.98. The number of nitrogens with zero attached hydrogens (tertiary/aromatic N) is 3. The van der Waals surface area contributed by atoms with Gasteiger partial charge in [0, 0.05) is 28.5 Å². The third-order valence-corrected chi connectivity index (χ3v) is 4.27. The molecular formula is C15H11ClN4O2S. The normalized spacial score (nSPS) is 10.7. The number of H-pyrrole nitrogens is 1. The number of hydrogen-bond acceptors (Lipinski definition) is 5. The van der Waals surface area contributed by atoms with Crippen LogP contribution in [0.2, 0.25) is 5.02 Å². The summed E-state index contributed by atoms with van der Waals surface area (Å²) in [6.07, 6.45) is 0. The van der Waals surface area contributed by atoms with Crippen molar-refractivity contribution >= 4 is 29.1 Å². The van der Waals surface area contributed by atoms with Crippen LogP contribution in [-0.2, 0) is 5.75 Å². The lowest BCUT2D eigenvalue weighted by atomic mass is 10.2. The molecule has 0 bridgehead atoms. The fraction of sp³-hybridized carbons (Fsp3) is 0.0667. The Morgan fingerprint density at radius 1 is 1.13 bits per heavy atom. The number of hydrogen-bond donors (Lipinski definition) is 1. The first-order valence-corrected chi connectivity index (χ1v) is 8.02. The lowest BCUT2D eigenvalue weighted by Crippen LogP contribution is -1.88. The molecular weight excluding hydrogens is 336 g/mol. The molecule has 2 aromatic carbocycles. The summed E-state index contributed by atoms with van der Waals surface area (Å²) in [6.45, 7) is 0. The van der Waals surface area contributed by atoms with E-state index in [4.69, 9.17) is 11.6 Å². The Morgan fingerprint density at radius 3 is 2.48 bits per heavy atom. The third-order valence-electron chi connectivity index (χ3n) is 3.10. The predicted octanol–water partition coefficient (Wildman–Crippen LogP) is 4.33. The van der Waals surface area contributed by atoms with Gasteiger partial charge in [0.05, 0.1) is 4.92 Å². The average Bonchev–Trinajstić information content (AvgIpc) is 3.03. The molecule has 1 aromatic heterocycles. The molecule has 0 aliphatic carbocycles. The van der Waals surface area contributed by atoms with E-state index in [2.05, 4.69) is 15.2 Å².